The smallest absolute Gasteiger partial charge is 0.128 e. The van der Waals surface area contributed by atoms with Crippen LogP contribution < -0.4 is 5.73 Å². The van der Waals surface area contributed by atoms with Crippen LogP contribution in [0.25, 0.3) is 0 Å². The molecule has 0 aliphatic rings. The summed E-state index contributed by atoms with van der Waals surface area (Å²) in [7, 11) is 0. The Kier molecular flexibility index (Phi) is 5.08. The maximum Gasteiger partial charge on any atom is 0.128 e. The molecule has 1 rings (SSSR count). The van der Waals surface area contributed by atoms with Gasteiger partial charge in [0.15, 0.2) is 0 Å². The topological polar surface area (TPSA) is 46.2 Å². The molecule has 84 valence electrons. The zero-order chi connectivity index (χ0) is 11.3. The van der Waals surface area contributed by atoms with Crippen LogP contribution in [-0.4, -0.2) is 17.5 Å². The minimum absolute atomic E-state index is 0.153. The van der Waals surface area contributed by atoms with Gasteiger partial charge in [0.2, 0.25) is 0 Å². The highest BCUT2D eigenvalue weighted by molar-refractivity contribution is 7.99. The molecule has 0 amide bonds. The predicted molar refractivity (Wildman–Crippen MR) is 61.3 cm³/mol. The number of hydrogen-bond acceptors (Lipinski definition) is 3. The summed E-state index contributed by atoms with van der Waals surface area (Å²) in [6.07, 6.45) is 0. The Morgan fingerprint density at radius 1 is 1.53 bits per heavy atom. The van der Waals surface area contributed by atoms with Crippen molar-refractivity contribution in [3.63, 3.8) is 0 Å². The molecule has 1 aromatic carbocycles. The maximum atomic E-state index is 13.3. The Morgan fingerprint density at radius 2 is 2.27 bits per heavy atom. The maximum absolute atomic E-state index is 13.3. The average molecular weight is 229 g/mol. The lowest BCUT2D eigenvalue weighted by atomic mass is 10.2. The summed E-state index contributed by atoms with van der Waals surface area (Å²) in [6.45, 7) is 2.32. The highest BCUT2D eigenvalue weighted by Crippen LogP contribution is 2.26. The van der Waals surface area contributed by atoms with Crippen LogP contribution >= 0.6 is 11.8 Å². The van der Waals surface area contributed by atoms with Gasteiger partial charge >= 0.3 is 0 Å². The molecule has 0 radical (unpaired) electrons. The molecule has 0 aliphatic carbocycles. The van der Waals surface area contributed by atoms with E-state index in [0.29, 0.717) is 5.56 Å². The monoisotopic (exact) mass is 229 g/mol. The van der Waals surface area contributed by atoms with E-state index in [1.807, 2.05) is 13.0 Å². The second-order valence-corrected chi connectivity index (χ2v) is 4.58. The molecule has 1 atom stereocenters. The highest BCUT2D eigenvalue weighted by Gasteiger charge is 2.08. The van der Waals surface area contributed by atoms with Crippen LogP contribution in [0.4, 0.5) is 4.39 Å². The van der Waals surface area contributed by atoms with Crippen molar-refractivity contribution in [3.8, 4) is 0 Å². The summed E-state index contributed by atoms with van der Waals surface area (Å²) < 4.78 is 13.3. The van der Waals surface area contributed by atoms with Crippen molar-refractivity contribution in [2.24, 2.45) is 11.7 Å². The van der Waals surface area contributed by atoms with Crippen molar-refractivity contribution in [1.29, 1.82) is 0 Å². The van der Waals surface area contributed by atoms with E-state index in [1.165, 1.54) is 17.8 Å². The van der Waals surface area contributed by atoms with E-state index in [2.05, 4.69) is 0 Å². The van der Waals surface area contributed by atoms with Gasteiger partial charge in [0.05, 0.1) is 0 Å². The molecular weight excluding hydrogens is 213 g/mol. The Morgan fingerprint density at radius 3 is 2.87 bits per heavy atom. The molecule has 0 saturated carbocycles. The number of aliphatic hydroxyl groups excluding tert-OH is 1. The molecule has 0 saturated heterocycles. The second kappa shape index (κ2) is 6.10. The molecule has 0 bridgehead atoms. The number of benzene rings is 1. The zero-order valence-corrected chi connectivity index (χ0v) is 9.56. The molecule has 1 aromatic rings. The largest absolute Gasteiger partial charge is 0.396 e. The fourth-order valence-electron chi connectivity index (χ4n) is 1.16. The van der Waals surface area contributed by atoms with Crippen LogP contribution in [0.3, 0.4) is 0 Å². The molecule has 4 heteroatoms. The highest BCUT2D eigenvalue weighted by atomic mass is 32.2. The molecule has 0 spiro atoms. The standard InChI is InChI=1S/C11H16FNOS/c1-8(6-14)7-15-11-4-2-3-10(12)9(11)5-13/h2-4,8,14H,5-7,13H2,1H3. The third-order valence-electron chi connectivity index (χ3n) is 2.12. The lowest BCUT2D eigenvalue weighted by Crippen LogP contribution is -2.06. The van der Waals surface area contributed by atoms with Crippen molar-refractivity contribution in [2.45, 2.75) is 18.4 Å². The molecule has 0 fully saturated rings. The van der Waals surface area contributed by atoms with Gasteiger partial charge in [-0.25, -0.2) is 4.39 Å². The van der Waals surface area contributed by atoms with Crippen molar-refractivity contribution in [2.75, 3.05) is 12.4 Å². The Balaban J connectivity index is 2.72. The first-order chi connectivity index (χ1) is 7.19. The summed E-state index contributed by atoms with van der Waals surface area (Å²) in [4.78, 5) is 0.873. The first-order valence-corrected chi connectivity index (χ1v) is 5.88. The number of rotatable bonds is 5. The van der Waals surface area contributed by atoms with Crippen LogP contribution in [0.2, 0.25) is 0 Å². The van der Waals surface area contributed by atoms with Gasteiger partial charge in [-0.1, -0.05) is 13.0 Å². The quantitative estimate of drug-likeness (QED) is 0.759. The van der Waals surface area contributed by atoms with Gasteiger partial charge in [0.1, 0.15) is 5.82 Å². The number of nitrogens with two attached hydrogens (primary N) is 1. The summed E-state index contributed by atoms with van der Waals surface area (Å²) >= 11 is 1.54. The molecule has 15 heavy (non-hydrogen) atoms. The Labute approximate surface area is 93.7 Å². The molecular formula is C11H16FNOS. The van der Waals surface area contributed by atoms with E-state index in [4.69, 9.17) is 10.8 Å². The molecule has 0 heterocycles. The third kappa shape index (κ3) is 3.48. The summed E-state index contributed by atoms with van der Waals surface area (Å²) in [5.41, 5.74) is 6.05. The third-order valence-corrected chi connectivity index (χ3v) is 3.54. The van der Waals surface area contributed by atoms with Crippen LogP contribution in [0.15, 0.2) is 23.1 Å². The van der Waals surface area contributed by atoms with E-state index >= 15 is 0 Å². The van der Waals surface area contributed by atoms with E-state index in [1.54, 1.807) is 6.07 Å². The van der Waals surface area contributed by atoms with Crippen LogP contribution in [0, 0.1) is 11.7 Å². The number of thioether (sulfide) groups is 1. The summed E-state index contributed by atoms with van der Waals surface area (Å²) in [5, 5.41) is 8.88. The Bertz CT molecular complexity index is 319. The van der Waals surface area contributed by atoms with E-state index in [9.17, 15) is 4.39 Å². The fraction of sp³-hybridized carbons (Fsp3) is 0.455. The van der Waals surface area contributed by atoms with Gasteiger partial charge in [0.25, 0.3) is 0 Å². The zero-order valence-electron chi connectivity index (χ0n) is 8.74. The predicted octanol–water partition coefficient (Wildman–Crippen LogP) is 2.00. The van der Waals surface area contributed by atoms with Gasteiger partial charge < -0.3 is 10.8 Å². The lowest BCUT2D eigenvalue weighted by Gasteiger charge is -2.10. The summed E-state index contributed by atoms with van der Waals surface area (Å²) in [6, 6.07) is 4.96. The van der Waals surface area contributed by atoms with Crippen molar-refractivity contribution in [1.82, 2.24) is 0 Å². The van der Waals surface area contributed by atoms with Crippen LogP contribution in [0.1, 0.15) is 12.5 Å². The first kappa shape index (κ1) is 12.5. The van der Waals surface area contributed by atoms with Crippen LogP contribution in [0.5, 0.6) is 0 Å². The minimum atomic E-state index is -0.251. The molecule has 2 nitrogen and oxygen atoms in total. The fourth-order valence-corrected chi connectivity index (χ4v) is 2.26. The van der Waals surface area contributed by atoms with Crippen LogP contribution in [-0.2, 0) is 6.54 Å². The number of hydrogen-bond donors (Lipinski definition) is 2. The molecule has 1 unspecified atom stereocenters. The van der Waals surface area contributed by atoms with Crippen molar-refractivity contribution in [3.05, 3.63) is 29.6 Å². The number of halogens is 1. The molecule has 0 aromatic heterocycles. The van der Waals surface area contributed by atoms with Gasteiger partial charge in [-0.3, -0.25) is 0 Å². The van der Waals surface area contributed by atoms with Gasteiger partial charge in [-0.05, 0) is 18.1 Å². The van der Waals surface area contributed by atoms with Gasteiger partial charge in [-0.15, -0.1) is 11.8 Å². The minimum Gasteiger partial charge on any atom is -0.396 e. The number of aliphatic hydroxyl groups is 1. The SMILES string of the molecule is CC(CO)CSc1cccc(F)c1CN. The lowest BCUT2D eigenvalue weighted by molar-refractivity contribution is 0.250. The Hall–Kier alpha value is -0.580. The summed E-state index contributed by atoms with van der Waals surface area (Å²) in [5.74, 6) is 0.732. The van der Waals surface area contributed by atoms with Crippen molar-refractivity contribution < 1.29 is 9.50 Å². The van der Waals surface area contributed by atoms with Crippen molar-refractivity contribution >= 4 is 11.8 Å². The van der Waals surface area contributed by atoms with E-state index in [-0.39, 0.29) is 24.9 Å². The average Bonchev–Trinajstić information content (AvgIpc) is 2.25. The first-order valence-electron chi connectivity index (χ1n) is 4.90. The molecule has 0 aliphatic heterocycles. The second-order valence-electron chi connectivity index (χ2n) is 3.52. The van der Waals surface area contributed by atoms with Gasteiger partial charge in [-0.2, -0.15) is 0 Å². The van der Waals surface area contributed by atoms with E-state index in [0.717, 1.165) is 10.6 Å². The van der Waals surface area contributed by atoms with Gasteiger partial charge in [0, 0.05) is 29.4 Å². The normalized spacial score (nSPS) is 12.8. The molecule has 3 N–H and O–H groups in total. The van der Waals surface area contributed by atoms with E-state index < -0.39 is 0 Å².